The monoisotopic (exact) mass is 332 g/mol. The number of benzene rings is 1. The van der Waals surface area contributed by atoms with Crippen LogP contribution in [0.2, 0.25) is 0 Å². The van der Waals surface area contributed by atoms with Crippen LogP contribution in [0.15, 0.2) is 29.6 Å². The lowest BCUT2D eigenvalue weighted by Gasteiger charge is -2.18. The number of carbonyl (C=O) groups is 1. The fourth-order valence-corrected chi connectivity index (χ4v) is 3.12. The Bertz CT molecular complexity index is 635. The summed E-state index contributed by atoms with van der Waals surface area (Å²) in [5.41, 5.74) is 2.99. The van der Waals surface area contributed by atoms with Crippen LogP contribution in [0.3, 0.4) is 0 Å². The Balaban J connectivity index is 1.93. The minimum atomic E-state index is -0.167. The molecule has 0 fully saturated rings. The first-order valence-electron chi connectivity index (χ1n) is 7.89. The molecule has 0 aliphatic heterocycles. The maximum atomic E-state index is 12.1. The van der Waals surface area contributed by atoms with Gasteiger partial charge in [-0.15, -0.1) is 11.3 Å². The Morgan fingerprint density at radius 2 is 2.00 bits per heavy atom. The van der Waals surface area contributed by atoms with Gasteiger partial charge >= 0.3 is 0 Å². The molecule has 2 aromatic rings. The van der Waals surface area contributed by atoms with Crippen LogP contribution in [-0.4, -0.2) is 28.6 Å². The molecule has 23 heavy (non-hydrogen) atoms. The molecule has 0 spiro atoms. The Morgan fingerprint density at radius 3 is 2.52 bits per heavy atom. The Morgan fingerprint density at radius 1 is 1.30 bits per heavy atom. The average Bonchev–Trinajstić information content (AvgIpc) is 2.93. The van der Waals surface area contributed by atoms with Gasteiger partial charge in [-0.05, 0) is 24.8 Å². The fourth-order valence-electron chi connectivity index (χ4n) is 2.50. The molecule has 1 amide bonds. The Labute approximate surface area is 141 Å². The summed E-state index contributed by atoms with van der Waals surface area (Å²) in [6.07, 6.45) is 1.11. The molecule has 1 atom stereocenters. The van der Waals surface area contributed by atoms with Crippen molar-refractivity contribution >= 4 is 17.2 Å². The first kappa shape index (κ1) is 17.6. The van der Waals surface area contributed by atoms with E-state index in [0.29, 0.717) is 12.3 Å². The maximum absolute atomic E-state index is 12.1. The second-order valence-electron chi connectivity index (χ2n) is 6.20. The zero-order valence-corrected chi connectivity index (χ0v) is 14.7. The number of aryl methyl sites for hydroxylation is 1. The van der Waals surface area contributed by atoms with Crippen molar-refractivity contribution in [2.24, 2.45) is 5.92 Å². The van der Waals surface area contributed by atoms with Crippen molar-refractivity contribution in [2.75, 3.05) is 6.61 Å². The van der Waals surface area contributed by atoms with E-state index in [-0.39, 0.29) is 18.6 Å². The van der Waals surface area contributed by atoms with Gasteiger partial charge in [-0.25, -0.2) is 4.98 Å². The largest absolute Gasteiger partial charge is 0.394 e. The predicted molar refractivity (Wildman–Crippen MR) is 94.5 cm³/mol. The number of nitrogens with one attached hydrogen (secondary N) is 1. The number of carbonyl (C=O) groups excluding carboxylic acids is 1. The van der Waals surface area contributed by atoms with E-state index < -0.39 is 0 Å². The smallest absolute Gasteiger partial charge is 0.224 e. The van der Waals surface area contributed by atoms with Crippen molar-refractivity contribution in [1.82, 2.24) is 10.3 Å². The average molecular weight is 332 g/mol. The van der Waals surface area contributed by atoms with Crippen molar-refractivity contribution in [3.05, 3.63) is 40.2 Å². The molecule has 0 radical (unpaired) electrons. The van der Waals surface area contributed by atoms with E-state index in [1.807, 2.05) is 36.6 Å². The Kier molecular flexibility index (Phi) is 6.30. The second kappa shape index (κ2) is 8.22. The van der Waals surface area contributed by atoms with Crippen LogP contribution in [0.1, 0.15) is 30.8 Å². The van der Waals surface area contributed by atoms with Crippen molar-refractivity contribution in [1.29, 1.82) is 0 Å². The highest BCUT2D eigenvalue weighted by molar-refractivity contribution is 7.09. The summed E-state index contributed by atoms with van der Waals surface area (Å²) < 4.78 is 0. The topological polar surface area (TPSA) is 62.2 Å². The van der Waals surface area contributed by atoms with Crippen LogP contribution < -0.4 is 5.32 Å². The lowest BCUT2D eigenvalue weighted by Crippen LogP contribution is -2.39. The Hall–Kier alpha value is -1.72. The van der Waals surface area contributed by atoms with Crippen LogP contribution in [0, 0.1) is 12.8 Å². The highest BCUT2D eigenvalue weighted by Crippen LogP contribution is 2.21. The molecule has 2 rings (SSSR count). The first-order chi connectivity index (χ1) is 11.0. The van der Waals surface area contributed by atoms with Gasteiger partial charge in [-0.2, -0.15) is 0 Å². The number of thiazole rings is 1. The SMILES string of the molecule is Cc1nc(-c2ccc(CC(=O)NC(CO)CC(C)C)cc2)cs1. The molecule has 124 valence electrons. The molecule has 4 nitrogen and oxygen atoms in total. The van der Waals surface area contributed by atoms with Gasteiger partial charge in [0.1, 0.15) is 0 Å². The number of aliphatic hydroxyl groups is 1. The van der Waals surface area contributed by atoms with Gasteiger partial charge in [-0.1, -0.05) is 38.1 Å². The van der Waals surface area contributed by atoms with Crippen molar-refractivity contribution < 1.29 is 9.90 Å². The van der Waals surface area contributed by atoms with Gasteiger partial charge in [0.2, 0.25) is 5.91 Å². The van der Waals surface area contributed by atoms with Crippen LogP contribution in [0.4, 0.5) is 0 Å². The second-order valence-corrected chi connectivity index (χ2v) is 7.26. The van der Waals surface area contributed by atoms with E-state index in [2.05, 4.69) is 24.1 Å². The molecule has 0 aliphatic carbocycles. The van der Waals surface area contributed by atoms with E-state index in [1.54, 1.807) is 11.3 Å². The third-order valence-corrected chi connectivity index (χ3v) is 4.35. The van der Waals surface area contributed by atoms with Gasteiger partial charge in [0.25, 0.3) is 0 Å². The van der Waals surface area contributed by atoms with Gasteiger partial charge in [0, 0.05) is 10.9 Å². The highest BCUT2D eigenvalue weighted by atomic mass is 32.1. The molecule has 2 N–H and O–H groups in total. The molecular weight excluding hydrogens is 308 g/mol. The number of rotatable bonds is 7. The van der Waals surface area contributed by atoms with E-state index in [9.17, 15) is 9.90 Å². The third kappa shape index (κ3) is 5.44. The van der Waals surface area contributed by atoms with Gasteiger partial charge in [0.15, 0.2) is 0 Å². The fraction of sp³-hybridized carbons (Fsp3) is 0.444. The highest BCUT2D eigenvalue weighted by Gasteiger charge is 2.13. The lowest BCUT2D eigenvalue weighted by molar-refractivity contribution is -0.121. The lowest BCUT2D eigenvalue weighted by atomic mass is 10.0. The number of amides is 1. The van der Waals surface area contributed by atoms with E-state index in [0.717, 1.165) is 28.2 Å². The minimum Gasteiger partial charge on any atom is -0.394 e. The molecule has 0 saturated heterocycles. The number of nitrogens with zero attached hydrogens (tertiary/aromatic N) is 1. The van der Waals surface area contributed by atoms with E-state index in [4.69, 9.17) is 0 Å². The summed E-state index contributed by atoms with van der Waals surface area (Å²) in [6.45, 7) is 6.12. The zero-order chi connectivity index (χ0) is 16.8. The zero-order valence-electron chi connectivity index (χ0n) is 13.9. The molecule has 1 unspecified atom stereocenters. The summed E-state index contributed by atoms with van der Waals surface area (Å²) in [6, 6.07) is 7.74. The summed E-state index contributed by atoms with van der Waals surface area (Å²) in [5, 5.41) is 15.3. The maximum Gasteiger partial charge on any atom is 0.224 e. The normalized spacial score (nSPS) is 12.4. The number of hydrogen-bond acceptors (Lipinski definition) is 4. The number of hydrogen-bond donors (Lipinski definition) is 2. The van der Waals surface area contributed by atoms with Crippen molar-refractivity contribution in [3.63, 3.8) is 0 Å². The van der Waals surface area contributed by atoms with Gasteiger partial charge in [0.05, 0.1) is 29.8 Å². The first-order valence-corrected chi connectivity index (χ1v) is 8.77. The number of aromatic nitrogens is 1. The van der Waals surface area contributed by atoms with Gasteiger partial charge < -0.3 is 10.4 Å². The summed E-state index contributed by atoms with van der Waals surface area (Å²) in [7, 11) is 0. The van der Waals surface area contributed by atoms with E-state index in [1.165, 1.54) is 0 Å². The van der Waals surface area contributed by atoms with Crippen LogP contribution in [0.25, 0.3) is 11.3 Å². The van der Waals surface area contributed by atoms with Crippen LogP contribution >= 0.6 is 11.3 Å². The minimum absolute atomic E-state index is 0.0218. The van der Waals surface area contributed by atoms with E-state index >= 15 is 0 Å². The molecular formula is C18H24N2O2S. The molecule has 0 aliphatic rings. The predicted octanol–water partition coefficient (Wildman–Crippen LogP) is 3.18. The summed E-state index contributed by atoms with van der Waals surface area (Å²) in [5.74, 6) is 0.384. The molecule has 1 heterocycles. The van der Waals surface area contributed by atoms with Gasteiger partial charge in [-0.3, -0.25) is 4.79 Å². The summed E-state index contributed by atoms with van der Waals surface area (Å²) >= 11 is 1.63. The summed E-state index contributed by atoms with van der Waals surface area (Å²) in [4.78, 5) is 16.5. The van der Waals surface area contributed by atoms with Crippen molar-refractivity contribution in [3.8, 4) is 11.3 Å². The molecule has 5 heteroatoms. The standard InChI is InChI=1S/C18H24N2O2S/c1-12(2)8-16(10-21)20-18(22)9-14-4-6-15(7-5-14)17-11-23-13(3)19-17/h4-7,11-12,16,21H,8-10H2,1-3H3,(H,20,22). The van der Waals surface area contributed by atoms with Crippen LogP contribution in [-0.2, 0) is 11.2 Å². The quantitative estimate of drug-likeness (QED) is 0.818. The molecule has 0 bridgehead atoms. The number of aliphatic hydroxyl groups excluding tert-OH is 1. The molecule has 1 aromatic carbocycles. The molecule has 0 saturated carbocycles. The van der Waals surface area contributed by atoms with Crippen LogP contribution in [0.5, 0.6) is 0 Å². The molecule has 1 aromatic heterocycles. The third-order valence-electron chi connectivity index (χ3n) is 3.57. The van der Waals surface area contributed by atoms with Crippen molar-refractivity contribution in [2.45, 2.75) is 39.7 Å².